The van der Waals surface area contributed by atoms with Gasteiger partial charge >= 0.3 is 11.8 Å². The average molecular weight is 275 g/mol. The number of hydrogen-bond donors (Lipinski definition) is 1. The third kappa shape index (κ3) is 3.34. The summed E-state index contributed by atoms with van der Waals surface area (Å²) in [4.78, 5) is 24.9. The Bertz CT molecular complexity index is 522. The van der Waals surface area contributed by atoms with Gasteiger partial charge in [0.05, 0.1) is 13.3 Å². The molecule has 1 fully saturated rings. The monoisotopic (exact) mass is 275 g/mol. The van der Waals surface area contributed by atoms with Gasteiger partial charge < -0.3 is 9.64 Å². The summed E-state index contributed by atoms with van der Waals surface area (Å²) in [6, 6.07) is 7.27. The van der Waals surface area contributed by atoms with Crippen LogP contribution in [0.4, 0.5) is 0 Å². The molecular weight excluding hydrogens is 258 g/mol. The summed E-state index contributed by atoms with van der Waals surface area (Å²) >= 11 is 0. The number of hydrogen-bond acceptors (Lipinski definition) is 4. The second kappa shape index (κ2) is 6.70. The molecule has 1 aromatic rings. The highest BCUT2D eigenvalue weighted by molar-refractivity contribution is 6.35. The number of hydrazone groups is 1. The third-order valence-electron chi connectivity index (χ3n) is 3.10. The fourth-order valence-corrected chi connectivity index (χ4v) is 2.05. The van der Waals surface area contributed by atoms with E-state index in [-0.39, 0.29) is 0 Å². The van der Waals surface area contributed by atoms with E-state index in [1.165, 1.54) is 11.1 Å². The van der Waals surface area contributed by atoms with Crippen LogP contribution in [0.25, 0.3) is 0 Å². The number of para-hydroxylation sites is 1. The number of methoxy groups -OCH3 is 1. The molecular formula is C14H17N3O3. The molecule has 0 aliphatic carbocycles. The first-order valence-electron chi connectivity index (χ1n) is 6.47. The van der Waals surface area contributed by atoms with Crippen molar-refractivity contribution < 1.29 is 14.3 Å². The summed E-state index contributed by atoms with van der Waals surface area (Å²) in [5.41, 5.74) is 2.97. The Kier molecular flexibility index (Phi) is 4.70. The molecule has 0 atom stereocenters. The van der Waals surface area contributed by atoms with Crippen molar-refractivity contribution in [1.29, 1.82) is 0 Å². The van der Waals surface area contributed by atoms with Gasteiger partial charge in [-0.25, -0.2) is 5.43 Å². The number of ether oxygens (including phenoxy) is 1. The Balaban J connectivity index is 1.92. The van der Waals surface area contributed by atoms with Gasteiger partial charge in [0.2, 0.25) is 0 Å². The molecule has 2 rings (SSSR count). The standard InChI is InChI=1S/C14H17N3O3/c1-20-12-7-3-2-6-11(12)10-15-16-13(18)14(19)17-8-4-5-9-17/h2-3,6-7,10H,4-5,8-9H2,1H3,(H,16,18). The molecule has 1 aliphatic heterocycles. The molecule has 1 aliphatic rings. The van der Waals surface area contributed by atoms with Crippen molar-refractivity contribution in [3.8, 4) is 5.75 Å². The molecule has 1 N–H and O–H groups in total. The van der Waals surface area contributed by atoms with Crippen LogP contribution in [0.15, 0.2) is 29.4 Å². The summed E-state index contributed by atoms with van der Waals surface area (Å²) in [7, 11) is 1.56. The van der Waals surface area contributed by atoms with Gasteiger partial charge in [-0.3, -0.25) is 9.59 Å². The number of nitrogens with one attached hydrogen (secondary N) is 1. The van der Waals surface area contributed by atoms with E-state index in [0.29, 0.717) is 18.8 Å². The highest BCUT2D eigenvalue weighted by Gasteiger charge is 2.23. The molecule has 0 bridgehead atoms. The highest BCUT2D eigenvalue weighted by Crippen LogP contribution is 2.14. The lowest BCUT2D eigenvalue weighted by atomic mass is 10.2. The zero-order valence-corrected chi connectivity index (χ0v) is 11.3. The fraction of sp³-hybridized carbons (Fsp3) is 0.357. The number of amides is 2. The van der Waals surface area contributed by atoms with Crippen molar-refractivity contribution in [2.24, 2.45) is 5.10 Å². The first-order valence-corrected chi connectivity index (χ1v) is 6.47. The van der Waals surface area contributed by atoms with Crippen LogP contribution in [0.2, 0.25) is 0 Å². The van der Waals surface area contributed by atoms with Gasteiger partial charge in [-0.05, 0) is 25.0 Å². The summed E-state index contributed by atoms with van der Waals surface area (Å²) < 4.78 is 5.15. The molecule has 6 heteroatoms. The van der Waals surface area contributed by atoms with Gasteiger partial charge in [0.15, 0.2) is 0 Å². The minimum atomic E-state index is -0.710. The minimum Gasteiger partial charge on any atom is -0.496 e. The van der Waals surface area contributed by atoms with Gasteiger partial charge in [-0.1, -0.05) is 12.1 Å². The molecule has 0 radical (unpaired) electrons. The van der Waals surface area contributed by atoms with E-state index in [1.54, 1.807) is 19.2 Å². The van der Waals surface area contributed by atoms with Gasteiger partial charge in [0.1, 0.15) is 5.75 Å². The minimum absolute atomic E-state index is 0.528. The Morgan fingerprint density at radius 2 is 2.00 bits per heavy atom. The van der Waals surface area contributed by atoms with Crippen molar-refractivity contribution in [2.75, 3.05) is 20.2 Å². The smallest absolute Gasteiger partial charge is 0.329 e. The van der Waals surface area contributed by atoms with Crippen LogP contribution in [0.5, 0.6) is 5.75 Å². The quantitative estimate of drug-likeness (QED) is 0.503. The second-order valence-electron chi connectivity index (χ2n) is 4.44. The van der Waals surface area contributed by atoms with E-state index in [1.807, 2.05) is 12.1 Å². The molecule has 106 valence electrons. The number of likely N-dealkylation sites (tertiary alicyclic amines) is 1. The largest absolute Gasteiger partial charge is 0.496 e. The molecule has 0 aromatic heterocycles. The van der Waals surface area contributed by atoms with Crippen LogP contribution in [0.3, 0.4) is 0 Å². The molecule has 0 saturated carbocycles. The van der Waals surface area contributed by atoms with Crippen LogP contribution >= 0.6 is 0 Å². The van der Waals surface area contributed by atoms with Crippen molar-refractivity contribution in [3.05, 3.63) is 29.8 Å². The average Bonchev–Trinajstić information content (AvgIpc) is 3.01. The molecule has 1 aromatic carbocycles. The molecule has 2 amide bonds. The van der Waals surface area contributed by atoms with Crippen LogP contribution in [0, 0.1) is 0 Å². The van der Waals surface area contributed by atoms with Gasteiger partial charge in [-0.15, -0.1) is 0 Å². The zero-order chi connectivity index (χ0) is 14.4. The zero-order valence-electron chi connectivity index (χ0n) is 11.3. The lowest BCUT2D eigenvalue weighted by Crippen LogP contribution is -2.39. The molecule has 20 heavy (non-hydrogen) atoms. The van der Waals surface area contributed by atoms with E-state index >= 15 is 0 Å². The van der Waals surface area contributed by atoms with Crippen molar-refractivity contribution in [1.82, 2.24) is 10.3 Å². The summed E-state index contributed by atoms with van der Waals surface area (Å²) in [5, 5.41) is 3.79. The number of carbonyl (C=O) groups excluding carboxylic acids is 2. The van der Waals surface area contributed by atoms with Crippen molar-refractivity contribution in [2.45, 2.75) is 12.8 Å². The first-order chi connectivity index (χ1) is 9.72. The van der Waals surface area contributed by atoms with Gasteiger partial charge in [-0.2, -0.15) is 5.10 Å². The Hall–Kier alpha value is -2.37. The van der Waals surface area contributed by atoms with E-state index in [0.717, 1.165) is 18.4 Å². The third-order valence-corrected chi connectivity index (χ3v) is 3.10. The maximum Gasteiger partial charge on any atom is 0.329 e. The van der Waals surface area contributed by atoms with Crippen molar-refractivity contribution >= 4 is 18.0 Å². The predicted molar refractivity (Wildman–Crippen MR) is 74.5 cm³/mol. The SMILES string of the molecule is COc1ccccc1C=NNC(=O)C(=O)N1CCCC1. The molecule has 6 nitrogen and oxygen atoms in total. The highest BCUT2D eigenvalue weighted by atomic mass is 16.5. The summed E-state index contributed by atoms with van der Waals surface area (Å²) in [5.74, 6) is -0.589. The lowest BCUT2D eigenvalue weighted by molar-refractivity contribution is -0.145. The van der Waals surface area contributed by atoms with Crippen LogP contribution in [-0.4, -0.2) is 43.1 Å². The number of nitrogens with zero attached hydrogens (tertiary/aromatic N) is 2. The maximum atomic E-state index is 11.7. The van der Waals surface area contributed by atoms with E-state index < -0.39 is 11.8 Å². The molecule has 1 heterocycles. The molecule has 0 spiro atoms. The van der Waals surface area contributed by atoms with E-state index in [9.17, 15) is 9.59 Å². The Morgan fingerprint density at radius 1 is 1.30 bits per heavy atom. The number of rotatable bonds is 3. The lowest BCUT2D eigenvalue weighted by Gasteiger charge is -2.12. The Morgan fingerprint density at radius 3 is 2.70 bits per heavy atom. The maximum absolute atomic E-state index is 11.7. The number of benzene rings is 1. The summed E-state index contributed by atoms with van der Waals surface area (Å²) in [6.07, 6.45) is 3.35. The molecule has 1 saturated heterocycles. The Labute approximate surface area is 117 Å². The van der Waals surface area contributed by atoms with Gasteiger partial charge in [0, 0.05) is 18.7 Å². The molecule has 0 unspecified atom stereocenters. The first kappa shape index (κ1) is 14.0. The van der Waals surface area contributed by atoms with E-state index in [2.05, 4.69) is 10.5 Å². The van der Waals surface area contributed by atoms with Crippen LogP contribution < -0.4 is 10.2 Å². The van der Waals surface area contributed by atoms with E-state index in [4.69, 9.17) is 4.74 Å². The van der Waals surface area contributed by atoms with Crippen molar-refractivity contribution in [3.63, 3.8) is 0 Å². The normalized spacial score (nSPS) is 14.6. The summed E-state index contributed by atoms with van der Waals surface area (Å²) in [6.45, 7) is 1.28. The predicted octanol–water partition coefficient (Wildman–Crippen LogP) is 0.768. The van der Waals surface area contributed by atoms with Crippen LogP contribution in [-0.2, 0) is 9.59 Å². The second-order valence-corrected chi connectivity index (χ2v) is 4.44. The van der Waals surface area contributed by atoms with Gasteiger partial charge in [0.25, 0.3) is 0 Å². The topological polar surface area (TPSA) is 71.0 Å². The fourth-order valence-electron chi connectivity index (χ4n) is 2.05. The van der Waals surface area contributed by atoms with Crippen LogP contribution in [0.1, 0.15) is 18.4 Å². The number of carbonyl (C=O) groups is 2.